The fourth-order valence-electron chi connectivity index (χ4n) is 2.91. The highest BCUT2D eigenvalue weighted by molar-refractivity contribution is 6.31. The maximum absolute atomic E-state index is 12.9. The highest BCUT2D eigenvalue weighted by Gasteiger charge is 2.18. The molecule has 0 unspecified atom stereocenters. The van der Waals surface area contributed by atoms with Gasteiger partial charge in [-0.1, -0.05) is 17.7 Å². The minimum atomic E-state index is -0.196. The summed E-state index contributed by atoms with van der Waals surface area (Å²) in [5.74, 6) is -0.196. The lowest BCUT2D eigenvalue weighted by atomic mass is 10.1. The fourth-order valence-corrected chi connectivity index (χ4v) is 3.08. The van der Waals surface area contributed by atoms with Crippen LogP contribution in [0.25, 0.3) is 22.3 Å². The van der Waals surface area contributed by atoms with Gasteiger partial charge in [0.1, 0.15) is 0 Å². The van der Waals surface area contributed by atoms with E-state index in [9.17, 15) is 4.79 Å². The van der Waals surface area contributed by atoms with Crippen LogP contribution >= 0.6 is 11.6 Å². The average molecular weight is 369 g/mol. The van der Waals surface area contributed by atoms with E-state index in [2.05, 4.69) is 15.4 Å². The van der Waals surface area contributed by atoms with Crippen LogP contribution in [-0.4, -0.2) is 47.2 Å². The van der Waals surface area contributed by atoms with E-state index in [-0.39, 0.29) is 5.91 Å². The maximum atomic E-state index is 12.9. The van der Waals surface area contributed by atoms with Crippen LogP contribution in [0, 0.1) is 0 Å². The first-order valence-corrected chi connectivity index (χ1v) is 8.74. The van der Waals surface area contributed by atoms with Crippen LogP contribution in [-0.2, 0) is 4.74 Å². The number of rotatable bonds is 3. The minimum Gasteiger partial charge on any atom is -0.379 e. The van der Waals surface area contributed by atoms with E-state index in [4.69, 9.17) is 16.3 Å². The summed E-state index contributed by atoms with van der Waals surface area (Å²) in [5, 5.41) is 3.14. The molecule has 2 aromatic heterocycles. The summed E-state index contributed by atoms with van der Waals surface area (Å²) in [7, 11) is 0. The third kappa shape index (κ3) is 3.53. The van der Waals surface area contributed by atoms with Crippen molar-refractivity contribution in [2.24, 2.45) is 0 Å². The normalized spacial score (nSPS) is 15.1. The molecule has 1 saturated heterocycles. The lowest BCUT2D eigenvalue weighted by Crippen LogP contribution is -2.48. The van der Waals surface area contributed by atoms with Gasteiger partial charge >= 0.3 is 0 Å². The second kappa shape index (κ2) is 7.37. The molecule has 0 aliphatic carbocycles. The van der Waals surface area contributed by atoms with Gasteiger partial charge < -0.3 is 4.74 Å². The van der Waals surface area contributed by atoms with E-state index in [1.54, 1.807) is 24.4 Å². The number of benzene rings is 1. The van der Waals surface area contributed by atoms with Crippen LogP contribution in [0.15, 0.2) is 48.7 Å². The Morgan fingerprint density at radius 1 is 1.12 bits per heavy atom. The minimum absolute atomic E-state index is 0.196. The van der Waals surface area contributed by atoms with E-state index in [0.29, 0.717) is 59.2 Å². The highest BCUT2D eigenvalue weighted by atomic mass is 35.5. The molecule has 1 N–H and O–H groups in total. The Morgan fingerprint density at radius 2 is 1.96 bits per heavy atom. The summed E-state index contributed by atoms with van der Waals surface area (Å²) < 4.78 is 5.32. The number of nitrogens with zero attached hydrogens (tertiary/aromatic N) is 3. The monoisotopic (exact) mass is 368 g/mol. The van der Waals surface area contributed by atoms with Gasteiger partial charge in [0.05, 0.1) is 35.7 Å². The molecule has 0 radical (unpaired) electrons. The molecule has 0 atom stereocenters. The third-order valence-corrected chi connectivity index (χ3v) is 4.45. The molecule has 7 heteroatoms. The number of morpholine rings is 1. The molecule has 132 valence electrons. The Bertz CT molecular complexity index is 943. The van der Waals surface area contributed by atoms with Crippen LogP contribution < -0.4 is 5.43 Å². The highest BCUT2D eigenvalue weighted by Crippen LogP contribution is 2.26. The van der Waals surface area contributed by atoms with Gasteiger partial charge in [0.25, 0.3) is 5.91 Å². The molecule has 0 saturated carbocycles. The van der Waals surface area contributed by atoms with Crippen LogP contribution in [0.4, 0.5) is 0 Å². The SMILES string of the molecule is O=C(NN1CCOCC1)c1cc(-c2ccccn2)nc2ccc(Cl)cc12. The number of ether oxygens (including phenoxy) is 1. The van der Waals surface area contributed by atoms with Gasteiger partial charge in [-0.05, 0) is 36.4 Å². The molecule has 26 heavy (non-hydrogen) atoms. The van der Waals surface area contributed by atoms with Gasteiger partial charge in [-0.15, -0.1) is 0 Å². The van der Waals surface area contributed by atoms with Crippen molar-refractivity contribution < 1.29 is 9.53 Å². The average Bonchev–Trinajstić information content (AvgIpc) is 2.68. The van der Waals surface area contributed by atoms with E-state index >= 15 is 0 Å². The number of hydrogen-bond donors (Lipinski definition) is 1. The number of amides is 1. The Hall–Kier alpha value is -2.54. The predicted octanol–water partition coefficient (Wildman–Crippen LogP) is 2.93. The Balaban J connectivity index is 1.77. The molecule has 0 spiro atoms. The van der Waals surface area contributed by atoms with Crippen molar-refractivity contribution in [1.29, 1.82) is 0 Å². The Labute approximate surface area is 155 Å². The number of hydrazine groups is 1. The summed E-state index contributed by atoms with van der Waals surface area (Å²) in [6.07, 6.45) is 1.70. The molecular formula is C19H17ClN4O2. The molecule has 1 aliphatic heterocycles. The molecule has 0 bridgehead atoms. The largest absolute Gasteiger partial charge is 0.379 e. The van der Waals surface area contributed by atoms with Gasteiger partial charge in [0.2, 0.25) is 0 Å². The lowest BCUT2D eigenvalue weighted by molar-refractivity contribution is 0.0127. The standard InChI is InChI=1S/C19H17ClN4O2/c20-13-4-5-16-14(11-13)15(19(25)23-24-7-9-26-10-8-24)12-18(22-16)17-3-1-2-6-21-17/h1-6,11-12H,7-10H2,(H,23,25). The van der Waals surface area contributed by atoms with Crippen LogP contribution in [0.1, 0.15) is 10.4 Å². The Morgan fingerprint density at radius 3 is 2.73 bits per heavy atom. The van der Waals surface area contributed by atoms with Crippen molar-refractivity contribution in [2.75, 3.05) is 26.3 Å². The summed E-state index contributed by atoms with van der Waals surface area (Å²) in [6, 6.07) is 12.7. The van der Waals surface area contributed by atoms with Gasteiger partial charge in [-0.25, -0.2) is 9.99 Å². The van der Waals surface area contributed by atoms with Crippen molar-refractivity contribution in [3.8, 4) is 11.4 Å². The first kappa shape index (κ1) is 16.9. The third-order valence-electron chi connectivity index (χ3n) is 4.21. The van der Waals surface area contributed by atoms with Gasteiger partial charge in [0, 0.05) is 29.7 Å². The zero-order valence-electron chi connectivity index (χ0n) is 14.0. The number of nitrogens with one attached hydrogen (secondary N) is 1. The van der Waals surface area contributed by atoms with Crippen molar-refractivity contribution in [2.45, 2.75) is 0 Å². The van der Waals surface area contributed by atoms with Crippen LogP contribution in [0.3, 0.4) is 0 Å². The molecule has 6 nitrogen and oxygen atoms in total. The Kier molecular flexibility index (Phi) is 4.79. The number of halogens is 1. The number of carbonyl (C=O) groups excluding carboxylic acids is 1. The van der Waals surface area contributed by atoms with E-state index in [0.717, 1.165) is 0 Å². The number of carbonyl (C=O) groups is 1. The molecule has 1 amide bonds. The molecule has 4 rings (SSSR count). The molecule has 3 aromatic rings. The molecule has 3 heterocycles. The topological polar surface area (TPSA) is 67.4 Å². The van der Waals surface area contributed by atoms with E-state index in [1.807, 2.05) is 29.3 Å². The fraction of sp³-hybridized carbons (Fsp3) is 0.211. The van der Waals surface area contributed by atoms with Crippen molar-refractivity contribution in [3.05, 3.63) is 59.2 Å². The van der Waals surface area contributed by atoms with Crippen LogP contribution in [0.2, 0.25) is 5.02 Å². The van der Waals surface area contributed by atoms with E-state index < -0.39 is 0 Å². The molecule has 1 fully saturated rings. The summed E-state index contributed by atoms with van der Waals surface area (Å²) in [5.41, 5.74) is 5.52. The molecule has 1 aromatic carbocycles. The zero-order valence-corrected chi connectivity index (χ0v) is 14.7. The summed E-state index contributed by atoms with van der Waals surface area (Å²) in [6.45, 7) is 2.51. The second-order valence-corrected chi connectivity index (χ2v) is 6.41. The second-order valence-electron chi connectivity index (χ2n) is 5.97. The first-order chi connectivity index (χ1) is 12.7. The zero-order chi connectivity index (χ0) is 17.9. The summed E-state index contributed by atoms with van der Waals surface area (Å²) in [4.78, 5) is 21.9. The predicted molar refractivity (Wildman–Crippen MR) is 99.8 cm³/mol. The summed E-state index contributed by atoms with van der Waals surface area (Å²) >= 11 is 6.15. The van der Waals surface area contributed by atoms with Gasteiger partial charge in [-0.3, -0.25) is 15.2 Å². The van der Waals surface area contributed by atoms with Crippen molar-refractivity contribution >= 4 is 28.4 Å². The maximum Gasteiger partial charge on any atom is 0.266 e. The smallest absolute Gasteiger partial charge is 0.266 e. The number of aromatic nitrogens is 2. The van der Waals surface area contributed by atoms with Crippen LogP contribution in [0.5, 0.6) is 0 Å². The molecular weight excluding hydrogens is 352 g/mol. The molecule has 1 aliphatic rings. The number of pyridine rings is 2. The van der Waals surface area contributed by atoms with Gasteiger partial charge in [-0.2, -0.15) is 0 Å². The first-order valence-electron chi connectivity index (χ1n) is 8.36. The number of hydrogen-bond acceptors (Lipinski definition) is 5. The van der Waals surface area contributed by atoms with E-state index in [1.165, 1.54) is 0 Å². The lowest BCUT2D eigenvalue weighted by Gasteiger charge is -2.27. The van der Waals surface area contributed by atoms with Crippen molar-refractivity contribution in [1.82, 2.24) is 20.4 Å². The number of fused-ring (bicyclic) bond motifs is 1. The quantitative estimate of drug-likeness (QED) is 0.770. The van der Waals surface area contributed by atoms with Crippen molar-refractivity contribution in [3.63, 3.8) is 0 Å². The van der Waals surface area contributed by atoms with Gasteiger partial charge in [0.15, 0.2) is 0 Å².